The van der Waals surface area contributed by atoms with Gasteiger partial charge in [0.25, 0.3) is 0 Å². The van der Waals surface area contributed by atoms with Gasteiger partial charge < -0.3 is 10.9 Å². The fraction of sp³-hybridized carbons (Fsp3) is 0.0714. The van der Waals surface area contributed by atoms with Crippen molar-refractivity contribution in [3.63, 3.8) is 0 Å². The Balaban J connectivity index is 2.30. The molecular formula is C14H13FN2OS. The Bertz CT molecular complexity index is 629. The van der Waals surface area contributed by atoms with E-state index in [1.807, 2.05) is 31.2 Å². The first kappa shape index (κ1) is 13.4. The number of nitrogens with zero attached hydrogens (tertiary/aromatic N) is 1. The Kier molecular flexibility index (Phi) is 4.06. The summed E-state index contributed by atoms with van der Waals surface area (Å²) in [5.74, 6) is -0.497. The van der Waals surface area contributed by atoms with Crippen LogP contribution in [0, 0.1) is 12.7 Å². The summed E-state index contributed by atoms with van der Waals surface area (Å²) >= 11 is 1.35. The van der Waals surface area contributed by atoms with E-state index >= 15 is 0 Å². The molecule has 98 valence electrons. The molecule has 0 spiro atoms. The second kappa shape index (κ2) is 5.75. The first-order valence-electron chi connectivity index (χ1n) is 5.62. The van der Waals surface area contributed by atoms with E-state index in [2.05, 4.69) is 5.16 Å². The van der Waals surface area contributed by atoms with Gasteiger partial charge in [0.2, 0.25) is 0 Å². The van der Waals surface area contributed by atoms with Crippen molar-refractivity contribution in [2.45, 2.75) is 16.7 Å². The molecule has 3 N–H and O–H groups in total. The van der Waals surface area contributed by atoms with Crippen molar-refractivity contribution in [2.24, 2.45) is 10.9 Å². The maximum atomic E-state index is 14.0. The smallest absolute Gasteiger partial charge is 0.170 e. The lowest BCUT2D eigenvalue weighted by Crippen LogP contribution is -2.13. The molecule has 2 aromatic rings. The van der Waals surface area contributed by atoms with Gasteiger partial charge in [0.15, 0.2) is 5.84 Å². The zero-order valence-electron chi connectivity index (χ0n) is 10.3. The summed E-state index contributed by atoms with van der Waals surface area (Å²) < 4.78 is 14.0. The summed E-state index contributed by atoms with van der Waals surface area (Å²) in [4.78, 5) is 1.50. The average Bonchev–Trinajstić information content (AvgIpc) is 2.42. The average molecular weight is 276 g/mol. The maximum absolute atomic E-state index is 14.0. The Morgan fingerprint density at radius 1 is 1.21 bits per heavy atom. The quantitative estimate of drug-likeness (QED) is 0.391. The van der Waals surface area contributed by atoms with Crippen LogP contribution in [0.3, 0.4) is 0 Å². The van der Waals surface area contributed by atoms with Gasteiger partial charge in [-0.1, -0.05) is 35.1 Å². The summed E-state index contributed by atoms with van der Waals surface area (Å²) in [7, 11) is 0. The molecule has 3 nitrogen and oxygen atoms in total. The van der Waals surface area contributed by atoms with Crippen LogP contribution in [-0.4, -0.2) is 11.0 Å². The monoisotopic (exact) mass is 276 g/mol. The minimum Gasteiger partial charge on any atom is -0.409 e. The molecule has 0 radical (unpaired) electrons. The van der Waals surface area contributed by atoms with Crippen LogP contribution >= 0.6 is 11.8 Å². The van der Waals surface area contributed by atoms with Gasteiger partial charge in [-0.25, -0.2) is 4.39 Å². The molecule has 0 bridgehead atoms. The predicted octanol–water partition coefficient (Wildman–Crippen LogP) is 3.38. The second-order valence-corrected chi connectivity index (χ2v) is 5.08. The Hall–Kier alpha value is -2.01. The minimum absolute atomic E-state index is 0.105. The molecular weight excluding hydrogens is 263 g/mol. The van der Waals surface area contributed by atoms with Gasteiger partial charge in [0.05, 0.1) is 0 Å². The molecule has 0 aliphatic carbocycles. The standard InChI is InChI=1S/C14H13FN2OS/c1-9-4-2-3-5-12(9)19-13-7-6-10(8-11(13)15)14(16)17-18/h2-8,18H,1H3,(H2,16,17). The second-order valence-electron chi connectivity index (χ2n) is 4.00. The van der Waals surface area contributed by atoms with Crippen LogP contribution in [0.5, 0.6) is 0 Å². The summed E-state index contributed by atoms with van der Waals surface area (Å²) in [5, 5.41) is 11.4. The third-order valence-electron chi connectivity index (χ3n) is 2.65. The molecule has 0 aliphatic heterocycles. The lowest BCUT2D eigenvalue weighted by molar-refractivity contribution is 0.318. The van der Waals surface area contributed by atoms with E-state index in [0.29, 0.717) is 10.5 Å². The lowest BCUT2D eigenvalue weighted by atomic mass is 10.2. The molecule has 2 aromatic carbocycles. The van der Waals surface area contributed by atoms with Crippen molar-refractivity contribution in [1.29, 1.82) is 0 Å². The summed E-state index contributed by atoms with van der Waals surface area (Å²) in [6, 6.07) is 12.3. The van der Waals surface area contributed by atoms with Crippen molar-refractivity contribution in [2.75, 3.05) is 0 Å². The van der Waals surface area contributed by atoms with Gasteiger partial charge in [0, 0.05) is 15.4 Å². The molecule has 0 saturated heterocycles. The van der Waals surface area contributed by atoms with Gasteiger partial charge in [-0.05, 0) is 36.8 Å². The van der Waals surface area contributed by atoms with Crippen molar-refractivity contribution in [3.05, 3.63) is 59.4 Å². The number of oxime groups is 1. The van der Waals surface area contributed by atoms with Crippen molar-refractivity contribution < 1.29 is 9.60 Å². The van der Waals surface area contributed by atoms with Crippen LogP contribution in [0.4, 0.5) is 4.39 Å². The first-order chi connectivity index (χ1) is 9.11. The van der Waals surface area contributed by atoms with E-state index in [1.165, 1.54) is 17.8 Å². The Morgan fingerprint density at radius 2 is 1.95 bits per heavy atom. The van der Waals surface area contributed by atoms with E-state index in [1.54, 1.807) is 12.1 Å². The van der Waals surface area contributed by atoms with Crippen LogP contribution in [0.15, 0.2) is 57.4 Å². The zero-order chi connectivity index (χ0) is 13.8. The highest BCUT2D eigenvalue weighted by Gasteiger charge is 2.09. The fourth-order valence-corrected chi connectivity index (χ4v) is 2.50. The molecule has 5 heteroatoms. The third-order valence-corrected chi connectivity index (χ3v) is 3.88. The van der Waals surface area contributed by atoms with Crippen LogP contribution in [-0.2, 0) is 0 Å². The molecule has 0 atom stereocenters. The number of rotatable bonds is 3. The largest absolute Gasteiger partial charge is 0.409 e. The Morgan fingerprint density at radius 3 is 2.58 bits per heavy atom. The van der Waals surface area contributed by atoms with Crippen molar-refractivity contribution in [3.8, 4) is 0 Å². The summed E-state index contributed by atoms with van der Waals surface area (Å²) in [6.45, 7) is 1.98. The predicted molar refractivity (Wildman–Crippen MR) is 74.2 cm³/mol. The highest BCUT2D eigenvalue weighted by molar-refractivity contribution is 7.99. The number of benzene rings is 2. The number of aryl methyl sites for hydroxylation is 1. The van der Waals surface area contributed by atoms with E-state index in [4.69, 9.17) is 10.9 Å². The minimum atomic E-state index is -0.391. The molecule has 0 unspecified atom stereocenters. The van der Waals surface area contributed by atoms with E-state index < -0.39 is 5.82 Å². The molecule has 0 aromatic heterocycles. The van der Waals surface area contributed by atoms with Gasteiger partial charge in [-0.3, -0.25) is 0 Å². The van der Waals surface area contributed by atoms with Gasteiger partial charge >= 0.3 is 0 Å². The van der Waals surface area contributed by atoms with Gasteiger partial charge in [0.1, 0.15) is 5.82 Å². The highest BCUT2D eigenvalue weighted by atomic mass is 32.2. The fourth-order valence-electron chi connectivity index (χ4n) is 1.59. The topological polar surface area (TPSA) is 58.6 Å². The number of halogens is 1. The van der Waals surface area contributed by atoms with E-state index in [-0.39, 0.29) is 5.84 Å². The van der Waals surface area contributed by atoms with Crippen LogP contribution < -0.4 is 5.73 Å². The number of hydrogen-bond acceptors (Lipinski definition) is 3. The van der Waals surface area contributed by atoms with E-state index in [9.17, 15) is 4.39 Å². The molecule has 0 heterocycles. The molecule has 19 heavy (non-hydrogen) atoms. The summed E-state index contributed by atoms with van der Waals surface area (Å²) in [5.41, 5.74) is 6.86. The molecule has 0 fully saturated rings. The van der Waals surface area contributed by atoms with Crippen LogP contribution in [0.1, 0.15) is 11.1 Å². The SMILES string of the molecule is Cc1ccccc1Sc1ccc(/C(N)=N/O)cc1F. The van der Waals surface area contributed by atoms with Crippen molar-refractivity contribution in [1.82, 2.24) is 0 Å². The van der Waals surface area contributed by atoms with E-state index in [0.717, 1.165) is 10.5 Å². The van der Waals surface area contributed by atoms with Gasteiger partial charge in [-0.2, -0.15) is 0 Å². The zero-order valence-corrected chi connectivity index (χ0v) is 11.1. The highest BCUT2D eigenvalue weighted by Crippen LogP contribution is 2.32. The van der Waals surface area contributed by atoms with Crippen molar-refractivity contribution >= 4 is 17.6 Å². The number of nitrogens with two attached hydrogens (primary N) is 1. The van der Waals surface area contributed by atoms with Crippen LogP contribution in [0.25, 0.3) is 0 Å². The lowest BCUT2D eigenvalue weighted by Gasteiger charge is -2.07. The summed E-state index contributed by atoms with van der Waals surface area (Å²) in [6.07, 6.45) is 0. The normalized spacial score (nSPS) is 11.6. The molecule has 2 rings (SSSR count). The molecule has 0 saturated carbocycles. The number of hydrogen-bond donors (Lipinski definition) is 2. The molecule has 0 amide bonds. The Labute approximate surface area is 114 Å². The van der Waals surface area contributed by atoms with Crippen LogP contribution in [0.2, 0.25) is 0 Å². The third kappa shape index (κ3) is 3.06. The maximum Gasteiger partial charge on any atom is 0.170 e. The first-order valence-corrected chi connectivity index (χ1v) is 6.44. The van der Waals surface area contributed by atoms with Gasteiger partial charge in [-0.15, -0.1) is 0 Å². The molecule has 0 aliphatic rings. The number of amidine groups is 1.